The molecule has 1 unspecified atom stereocenters. The molecule has 0 saturated carbocycles. The molecule has 1 atom stereocenters. The summed E-state index contributed by atoms with van der Waals surface area (Å²) in [5.74, 6) is 0.539. The molecule has 0 aliphatic heterocycles. The summed E-state index contributed by atoms with van der Waals surface area (Å²) >= 11 is 0. The van der Waals surface area contributed by atoms with Crippen molar-refractivity contribution in [3.05, 3.63) is 70.8 Å². The molecule has 0 saturated heterocycles. The summed E-state index contributed by atoms with van der Waals surface area (Å²) in [5, 5.41) is 3.50. The average molecular weight is 267 g/mol. The molecular weight excluding hydrogens is 242 g/mol. The van der Waals surface area contributed by atoms with Crippen LogP contribution in [0.5, 0.6) is 0 Å². The third kappa shape index (κ3) is 4.21. The van der Waals surface area contributed by atoms with Crippen molar-refractivity contribution in [2.24, 2.45) is 0 Å². The van der Waals surface area contributed by atoms with Gasteiger partial charge in [-0.3, -0.25) is 0 Å². The van der Waals surface area contributed by atoms with Crippen LogP contribution in [0.25, 0.3) is 0 Å². The Balaban J connectivity index is 2.16. The van der Waals surface area contributed by atoms with Gasteiger partial charge in [0.25, 0.3) is 0 Å². The highest BCUT2D eigenvalue weighted by atomic mass is 14.8. The fourth-order valence-electron chi connectivity index (χ4n) is 2.59. The standard InChI is InChI=1S/C19H25N/c1-4-20-14-19(18-10-8-15(2)9-11-18)13-17-7-5-6-16(3)12-17/h5-12,19-20H,4,13-14H2,1-3H3. The smallest absolute Gasteiger partial charge is 0.00232 e. The summed E-state index contributed by atoms with van der Waals surface area (Å²) in [6.45, 7) is 8.53. The number of hydrogen-bond acceptors (Lipinski definition) is 1. The maximum Gasteiger partial charge on any atom is 0.00232 e. The van der Waals surface area contributed by atoms with Crippen LogP contribution in [0, 0.1) is 13.8 Å². The molecular formula is C19H25N. The number of likely N-dealkylation sites (N-methyl/N-ethyl adjacent to an activating group) is 1. The fourth-order valence-corrected chi connectivity index (χ4v) is 2.59. The predicted octanol–water partition coefficient (Wildman–Crippen LogP) is 4.24. The molecule has 1 heteroatoms. The van der Waals surface area contributed by atoms with Gasteiger partial charge in [0.1, 0.15) is 0 Å². The normalized spacial score (nSPS) is 12.3. The molecule has 1 nitrogen and oxygen atoms in total. The van der Waals surface area contributed by atoms with E-state index in [4.69, 9.17) is 0 Å². The molecule has 106 valence electrons. The van der Waals surface area contributed by atoms with Crippen LogP contribution in [0.3, 0.4) is 0 Å². The maximum absolute atomic E-state index is 3.50. The largest absolute Gasteiger partial charge is 0.316 e. The molecule has 2 aromatic rings. The van der Waals surface area contributed by atoms with Gasteiger partial charge in [-0.1, -0.05) is 66.6 Å². The van der Waals surface area contributed by atoms with E-state index < -0.39 is 0 Å². The highest BCUT2D eigenvalue weighted by molar-refractivity contribution is 5.29. The van der Waals surface area contributed by atoms with Crippen molar-refractivity contribution < 1.29 is 0 Å². The molecule has 0 fully saturated rings. The van der Waals surface area contributed by atoms with Crippen LogP contribution in [-0.2, 0) is 6.42 Å². The van der Waals surface area contributed by atoms with E-state index in [0.717, 1.165) is 19.5 Å². The zero-order valence-electron chi connectivity index (χ0n) is 12.8. The lowest BCUT2D eigenvalue weighted by Crippen LogP contribution is -2.22. The van der Waals surface area contributed by atoms with Crippen molar-refractivity contribution in [2.75, 3.05) is 13.1 Å². The van der Waals surface area contributed by atoms with Gasteiger partial charge in [0, 0.05) is 12.5 Å². The first-order valence-electron chi connectivity index (χ1n) is 7.52. The van der Waals surface area contributed by atoms with E-state index >= 15 is 0 Å². The van der Waals surface area contributed by atoms with E-state index in [2.05, 4.69) is 74.6 Å². The van der Waals surface area contributed by atoms with E-state index in [0.29, 0.717) is 5.92 Å². The Labute approximate surface area is 123 Å². The van der Waals surface area contributed by atoms with Crippen molar-refractivity contribution >= 4 is 0 Å². The third-order valence-electron chi connectivity index (χ3n) is 3.75. The molecule has 0 aliphatic carbocycles. The second-order valence-corrected chi connectivity index (χ2v) is 5.61. The highest BCUT2D eigenvalue weighted by Crippen LogP contribution is 2.21. The Morgan fingerprint density at radius 3 is 2.35 bits per heavy atom. The predicted molar refractivity (Wildman–Crippen MR) is 87.3 cm³/mol. The number of rotatable bonds is 6. The minimum Gasteiger partial charge on any atom is -0.316 e. The van der Waals surface area contributed by atoms with Gasteiger partial charge in [0.05, 0.1) is 0 Å². The molecule has 0 bridgehead atoms. The van der Waals surface area contributed by atoms with Crippen LogP contribution in [0.4, 0.5) is 0 Å². The topological polar surface area (TPSA) is 12.0 Å². The Morgan fingerprint density at radius 2 is 1.70 bits per heavy atom. The first-order valence-corrected chi connectivity index (χ1v) is 7.52. The number of nitrogens with one attached hydrogen (secondary N) is 1. The van der Waals surface area contributed by atoms with Gasteiger partial charge in [-0.2, -0.15) is 0 Å². The zero-order chi connectivity index (χ0) is 14.4. The van der Waals surface area contributed by atoms with Gasteiger partial charge in [-0.05, 0) is 37.9 Å². The van der Waals surface area contributed by atoms with Crippen molar-refractivity contribution in [1.29, 1.82) is 0 Å². The second kappa shape index (κ2) is 7.25. The molecule has 2 rings (SSSR count). The highest BCUT2D eigenvalue weighted by Gasteiger charge is 2.12. The Bertz CT molecular complexity index is 528. The SMILES string of the molecule is CCNCC(Cc1cccc(C)c1)c1ccc(C)cc1. The van der Waals surface area contributed by atoms with Crippen LogP contribution in [-0.4, -0.2) is 13.1 Å². The quantitative estimate of drug-likeness (QED) is 0.825. The van der Waals surface area contributed by atoms with Crippen molar-refractivity contribution in [1.82, 2.24) is 5.32 Å². The molecule has 20 heavy (non-hydrogen) atoms. The molecule has 2 aromatic carbocycles. The number of aryl methyl sites for hydroxylation is 2. The Hall–Kier alpha value is -1.60. The summed E-state index contributed by atoms with van der Waals surface area (Å²) < 4.78 is 0. The minimum absolute atomic E-state index is 0.539. The lowest BCUT2D eigenvalue weighted by molar-refractivity contribution is 0.595. The number of benzene rings is 2. The summed E-state index contributed by atoms with van der Waals surface area (Å²) in [6, 6.07) is 17.8. The molecule has 0 aromatic heterocycles. The van der Waals surface area contributed by atoms with Crippen LogP contribution in [0.2, 0.25) is 0 Å². The van der Waals surface area contributed by atoms with E-state index in [9.17, 15) is 0 Å². The minimum atomic E-state index is 0.539. The lowest BCUT2D eigenvalue weighted by atomic mass is 9.91. The zero-order valence-corrected chi connectivity index (χ0v) is 12.8. The van der Waals surface area contributed by atoms with Crippen molar-refractivity contribution in [3.8, 4) is 0 Å². The van der Waals surface area contributed by atoms with Crippen molar-refractivity contribution in [3.63, 3.8) is 0 Å². The second-order valence-electron chi connectivity index (χ2n) is 5.61. The fraction of sp³-hybridized carbons (Fsp3) is 0.368. The van der Waals surface area contributed by atoms with Crippen LogP contribution < -0.4 is 5.32 Å². The first-order chi connectivity index (χ1) is 9.69. The van der Waals surface area contributed by atoms with E-state index in [1.165, 1.54) is 22.3 Å². The number of hydrogen-bond donors (Lipinski definition) is 1. The molecule has 0 heterocycles. The molecule has 0 amide bonds. The Kier molecular flexibility index (Phi) is 5.37. The average Bonchev–Trinajstić information content (AvgIpc) is 2.44. The van der Waals surface area contributed by atoms with Gasteiger partial charge >= 0.3 is 0 Å². The molecule has 0 radical (unpaired) electrons. The molecule has 0 aliphatic rings. The van der Waals surface area contributed by atoms with Crippen LogP contribution in [0.1, 0.15) is 35.1 Å². The van der Waals surface area contributed by atoms with Gasteiger partial charge in [-0.25, -0.2) is 0 Å². The summed E-state index contributed by atoms with van der Waals surface area (Å²) in [7, 11) is 0. The Morgan fingerprint density at radius 1 is 0.950 bits per heavy atom. The van der Waals surface area contributed by atoms with Crippen LogP contribution in [0.15, 0.2) is 48.5 Å². The van der Waals surface area contributed by atoms with Gasteiger partial charge in [-0.15, -0.1) is 0 Å². The van der Waals surface area contributed by atoms with E-state index in [1.54, 1.807) is 0 Å². The van der Waals surface area contributed by atoms with Gasteiger partial charge in [0.15, 0.2) is 0 Å². The molecule has 0 spiro atoms. The summed E-state index contributed by atoms with van der Waals surface area (Å²) in [6.07, 6.45) is 1.09. The van der Waals surface area contributed by atoms with E-state index in [-0.39, 0.29) is 0 Å². The monoisotopic (exact) mass is 267 g/mol. The van der Waals surface area contributed by atoms with E-state index in [1.807, 2.05) is 0 Å². The van der Waals surface area contributed by atoms with Crippen molar-refractivity contribution in [2.45, 2.75) is 33.1 Å². The maximum atomic E-state index is 3.50. The first kappa shape index (κ1) is 14.8. The third-order valence-corrected chi connectivity index (χ3v) is 3.75. The van der Waals surface area contributed by atoms with Gasteiger partial charge < -0.3 is 5.32 Å². The summed E-state index contributed by atoms with van der Waals surface area (Å²) in [5.41, 5.74) is 5.52. The lowest BCUT2D eigenvalue weighted by Gasteiger charge is -2.18. The van der Waals surface area contributed by atoms with Gasteiger partial charge in [0.2, 0.25) is 0 Å². The summed E-state index contributed by atoms with van der Waals surface area (Å²) in [4.78, 5) is 0. The van der Waals surface area contributed by atoms with Crippen LogP contribution >= 0.6 is 0 Å². The molecule has 1 N–H and O–H groups in total.